The molecule has 1 fully saturated rings. The van der Waals surface area contributed by atoms with E-state index in [1.54, 1.807) is 4.90 Å². The van der Waals surface area contributed by atoms with E-state index < -0.39 is 0 Å². The van der Waals surface area contributed by atoms with E-state index in [2.05, 4.69) is 0 Å². The number of carbonyl (C=O) groups excluding carboxylic acids is 1. The molecule has 0 unspecified atom stereocenters. The van der Waals surface area contributed by atoms with Crippen LogP contribution in [0.1, 0.15) is 17.5 Å². The molecule has 4 nitrogen and oxygen atoms in total. The first-order valence-electron chi connectivity index (χ1n) is 6.22. The lowest BCUT2D eigenvalue weighted by atomic mass is 10.1. The lowest BCUT2D eigenvalue weighted by Gasteiger charge is -2.35. The van der Waals surface area contributed by atoms with Crippen LogP contribution in [0.2, 0.25) is 0 Å². The SMILES string of the molecule is Cc1ccc(C)c(OCCC(=O)N2CC(O)C2)c1. The van der Waals surface area contributed by atoms with Crippen molar-refractivity contribution in [1.82, 2.24) is 4.90 Å². The summed E-state index contributed by atoms with van der Waals surface area (Å²) >= 11 is 0. The van der Waals surface area contributed by atoms with Gasteiger partial charge in [-0.05, 0) is 31.0 Å². The van der Waals surface area contributed by atoms with Crippen LogP contribution in [-0.4, -0.2) is 41.7 Å². The fraction of sp³-hybridized carbons (Fsp3) is 0.500. The molecule has 1 amide bonds. The Morgan fingerprint density at radius 1 is 1.44 bits per heavy atom. The highest BCUT2D eigenvalue weighted by molar-refractivity contribution is 5.77. The van der Waals surface area contributed by atoms with Crippen molar-refractivity contribution in [2.45, 2.75) is 26.4 Å². The molecule has 1 heterocycles. The molecule has 0 spiro atoms. The summed E-state index contributed by atoms with van der Waals surface area (Å²) in [5, 5.41) is 9.11. The van der Waals surface area contributed by atoms with Gasteiger partial charge in [0.05, 0.1) is 19.1 Å². The Balaban J connectivity index is 1.78. The maximum Gasteiger partial charge on any atom is 0.226 e. The normalized spacial score (nSPS) is 15.4. The van der Waals surface area contributed by atoms with Crippen LogP contribution in [0.15, 0.2) is 18.2 Å². The fourth-order valence-electron chi connectivity index (χ4n) is 1.93. The fourth-order valence-corrected chi connectivity index (χ4v) is 1.93. The van der Waals surface area contributed by atoms with Gasteiger partial charge < -0.3 is 14.7 Å². The highest BCUT2D eigenvalue weighted by atomic mass is 16.5. The smallest absolute Gasteiger partial charge is 0.226 e. The third-order valence-corrected chi connectivity index (χ3v) is 3.13. The maximum absolute atomic E-state index is 11.6. The van der Waals surface area contributed by atoms with Crippen molar-refractivity contribution in [2.24, 2.45) is 0 Å². The van der Waals surface area contributed by atoms with Crippen LogP contribution in [0, 0.1) is 13.8 Å². The zero-order valence-electron chi connectivity index (χ0n) is 10.8. The molecule has 1 aromatic carbocycles. The van der Waals surface area contributed by atoms with E-state index in [4.69, 9.17) is 9.84 Å². The Morgan fingerprint density at radius 3 is 2.83 bits per heavy atom. The molecule has 98 valence electrons. The number of aliphatic hydroxyl groups is 1. The number of nitrogens with zero attached hydrogens (tertiary/aromatic N) is 1. The molecule has 1 aliphatic heterocycles. The second-order valence-electron chi connectivity index (χ2n) is 4.82. The van der Waals surface area contributed by atoms with E-state index in [1.165, 1.54) is 0 Å². The van der Waals surface area contributed by atoms with Gasteiger partial charge in [0.2, 0.25) is 5.91 Å². The Hall–Kier alpha value is -1.55. The molecular weight excluding hydrogens is 230 g/mol. The number of hydrogen-bond donors (Lipinski definition) is 1. The van der Waals surface area contributed by atoms with Crippen molar-refractivity contribution >= 4 is 5.91 Å². The molecule has 1 aliphatic rings. The first kappa shape index (κ1) is 12.9. The van der Waals surface area contributed by atoms with Gasteiger partial charge in [-0.2, -0.15) is 0 Å². The van der Waals surface area contributed by atoms with Gasteiger partial charge in [0, 0.05) is 13.1 Å². The van der Waals surface area contributed by atoms with Gasteiger partial charge in [-0.3, -0.25) is 4.79 Å². The summed E-state index contributed by atoms with van der Waals surface area (Å²) in [6.45, 7) is 5.31. The highest BCUT2D eigenvalue weighted by Gasteiger charge is 2.28. The summed E-state index contributed by atoms with van der Waals surface area (Å²) in [5.74, 6) is 0.886. The van der Waals surface area contributed by atoms with Gasteiger partial charge in [-0.1, -0.05) is 12.1 Å². The quantitative estimate of drug-likeness (QED) is 0.874. The molecule has 0 bridgehead atoms. The molecule has 4 heteroatoms. The Morgan fingerprint density at radius 2 is 2.17 bits per heavy atom. The molecule has 1 saturated heterocycles. The number of aliphatic hydroxyl groups excluding tert-OH is 1. The Labute approximate surface area is 107 Å². The van der Waals surface area contributed by atoms with Crippen LogP contribution in [0.5, 0.6) is 5.75 Å². The molecule has 0 aliphatic carbocycles. The minimum Gasteiger partial charge on any atom is -0.493 e. The minimum atomic E-state index is -0.339. The number of amides is 1. The molecule has 0 saturated carbocycles. The van der Waals surface area contributed by atoms with E-state index in [0.29, 0.717) is 26.1 Å². The van der Waals surface area contributed by atoms with Crippen LogP contribution in [-0.2, 0) is 4.79 Å². The van der Waals surface area contributed by atoms with Crippen LogP contribution in [0.4, 0.5) is 0 Å². The summed E-state index contributed by atoms with van der Waals surface area (Å²) in [4.78, 5) is 13.3. The summed E-state index contributed by atoms with van der Waals surface area (Å²) in [6.07, 6.45) is 0.0222. The number of aryl methyl sites for hydroxylation is 2. The average Bonchev–Trinajstić information content (AvgIpc) is 2.29. The van der Waals surface area contributed by atoms with Crippen LogP contribution < -0.4 is 4.74 Å². The predicted octanol–water partition coefficient (Wildman–Crippen LogP) is 1.28. The first-order valence-corrected chi connectivity index (χ1v) is 6.22. The average molecular weight is 249 g/mol. The van der Waals surface area contributed by atoms with Crippen molar-refractivity contribution in [2.75, 3.05) is 19.7 Å². The number of likely N-dealkylation sites (tertiary alicyclic amines) is 1. The monoisotopic (exact) mass is 249 g/mol. The molecule has 0 atom stereocenters. The molecular formula is C14H19NO3. The van der Waals surface area contributed by atoms with Crippen molar-refractivity contribution < 1.29 is 14.6 Å². The number of benzene rings is 1. The van der Waals surface area contributed by atoms with Gasteiger partial charge in [0.1, 0.15) is 5.75 Å². The number of ether oxygens (including phenoxy) is 1. The predicted molar refractivity (Wildman–Crippen MR) is 68.6 cm³/mol. The molecule has 1 N–H and O–H groups in total. The van der Waals surface area contributed by atoms with E-state index in [1.807, 2.05) is 32.0 Å². The topological polar surface area (TPSA) is 49.8 Å². The number of β-amino-alcohol motifs (C(OH)–C–C–N with tert-alkyl or cyclic N) is 1. The highest BCUT2D eigenvalue weighted by Crippen LogP contribution is 2.19. The van der Waals surface area contributed by atoms with Crippen molar-refractivity contribution in [3.05, 3.63) is 29.3 Å². The zero-order chi connectivity index (χ0) is 13.1. The number of rotatable bonds is 4. The van der Waals surface area contributed by atoms with E-state index in [0.717, 1.165) is 16.9 Å². The van der Waals surface area contributed by atoms with Gasteiger partial charge in [0.25, 0.3) is 0 Å². The van der Waals surface area contributed by atoms with E-state index in [9.17, 15) is 4.79 Å². The van der Waals surface area contributed by atoms with Crippen LogP contribution in [0.3, 0.4) is 0 Å². The lowest BCUT2D eigenvalue weighted by Crippen LogP contribution is -2.53. The van der Waals surface area contributed by atoms with Crippen LogP contribution >= 0.6 is 0 Å². The van der Waals surface area contributed by atoms with Crippen LogP contribution in [0.25, 0.3) is 0 Å². The van der Waals surface area contributed by atoms with Crippen molar-refractivity contribution in [3.63, 3.8) is 0 Å². The second-order valence-corrected chi connectivity index (χ2v) is 4.82. The van der Waals surface area contributed by atoms with E-state index >= 15 is 0 Å². The zero-order valence-corrected chi connectivity index (χ0v) is 10.8. The maximum atomic E-state index is 11.6. The first-order chi connectivity index (χ1) is 8.56. The van der Waals surface area contributed by atoms with Gasteiger partial charge >= 0.3 is 0 Å². The van der Waals surface area contributed by atoms with Gasteiger partial charge in [-0.15, -0.1) is 0 Å². The number of hydrogen-bond acceptors (Lipinski definition) is 3. The third kappa shape index (κ3) is 3.01. The third-order valence-electron chi connectivity index (χ3n) is 3.13. The molecule has 0 radical (unpaired) electrons. The summed E-state index contributed by atoms with van der Waals surface area (Å²) < 4.78 is 5.62. The number of carbonyl (C=O) groups is 1. The van der Waals surface area contributed by atoms with Crippen molar-refractivity contribution in [1.29, 1.82) is 0 Å². The van der Waals surface area contributed by atoms with Crippen molar-refractivity contribution in [3.8, 4) is 5.75 Å². The largest absolute Gasteiger partial charge is 0.493 e. The molecule has 0 aromatic heterocycles. The van der Waals surface area contributed by atoms with Gasteiger partial charge in [-0.25, -0.2) is 0 Å². The summed E-state index contributed by atoms with van der Waals surface area (Å²) in [6, 6.07) is 6.03. The molecule has 18 heavy (non-hydrogen) atoms. The Kier molecular flexibility index (Phi) is 3.87. The summed E-state index contributed by atoms with van der Waals surface area (Å²) in [5.41, 5.74) is 2.22. The molecule has 2 rings (SSSR count). The minimum absolute atomic E-state index is 0.0469. The van der Waals surface area contributed by atoms with Gasteiger partial charge in [0.15, 0.2) is 0 Å². The summed E-state index contributed by atoms with van der Waals surface area (Å²) in [7, 11) is 0. The van der Waals surface area contributed by atoms with E-state index in [-0.39, 0.29) is 12.0 Å². The lowest BCUT2D eigenvalue weighted by molar-refractivity contribution is -0.141. The second kappa shape index (κ2) is 5.40. The standard InChI is InChI=1S/C14H19NO3/c1-10-3-4-11(2)13(7-10)18-6-5-14(17)15-8-12(16)9-15/h3-4,7,12,16H,5-6,8-9H2,1-2H3. The Bertz CT molecular complexity index is 439. The molecule has 1 aromatic rings.